The Hall–Kier alpha value is -3.39. The van der Waals surface area contributed by atoms with Crippen LogP contribution in [0.15, 0.2) is 30.4 Å². The molecule has 4 aliphatic carbocycles. The SMILES string of the molecule is Cc1ccc(F)cc1N1CC(C)(C)N(C[C@H](N)[C@@H](O)C[C@H](C(=O)NC2[C@H]3CC4C[C@H]2CC(O)(C4)C3)C(C)C)CC1=O.O=C(O)/C=C/C(=O)O. The Labute approximate surface area is 287 Å². The zero-order valence-corrected chi connectivity index (χ0v) is 29.1. The molecule has 0 spiro atoms. The van der Waals surface area contributed by atoms with E-state index in [9.17, 15) is 33.8 Å². The average molecular weight is 689 g/mol. The number of aliphatic carboxylic acids is 2. The number of nitrogens with zero attached hydrogens (tertiary/aromatic N) is 2. The highest BCUT2D eigenvalue weighted by molar-refractivity contribution is 5.96. The van der Waals surface area contributed by atoms with Gasteiger partial charge in [0.25, 0.3) is 0 Å². The predicted molar refractivity (Wildman–Crippen MR) is 181 cm³/mol. The molecule has 1 aromatic rings. The molecule has 5 atom stereocenters. The molecule has 12 nitrogen and oxygen atoms in total. The number of carbonyl (C=O) groups excluding carboxylic acids is 2. The van der Waals surface area contributed by atoms with Crippen LogP contribution in [0.25, 0.3) is 0 Å². The first-order chi connectivity index (χ1) is 22.8. The van der Waals surface area contributed by atoms with E-state index >= 15 is 0 Å². The van der Waals surface area contributed by atoms with Crippen LogP contribution in [0.2, 0.25) is 0 Å². The fourth-order valence-corrected chi connectivity index (χ4v) is 8.57. The Kier molecular flexibility index (Phi) is 11.9. The molecule has 13 heteroatoms. The fourth-order valence-electron chi connectivity index (χ4n) is 8.57. The summed E-state index contributed by atoms with van der Waals surface area (Å²) in [5.41, 5.74) is 6.93. The second kappa shape index (κ2) is 15.2. The van der Waals surface area contributed by atoms with Gasteiger partial charge in [0.2, 0.25) is 11.8 Å². The number of amides is 2. The first-order valence-corrected chi connectivity index (χ1v) is 17.2. The van der Waals surface area contributed by atoms with Gasteiger partial charge >= 0.3 is 11.9 Å². The molecule has 6 rings (SSSR count). The van der Waals surface area contributed by atoms with Crippen LogP contribution in [0.1, 0.15) is 71.8 Å². The van der Waals surface area contributed by atoms with E-state index in [4.69, 9.17) is 15.9 Å². The number of nitrogens with one attached hydrogen (secondary N) is 1. The number of nitrogens with two attached hydrogens (primary N) is 1. The van der Waals surface area contributed by atoms with Gasteiger partial charge in [-0.15, -0.1) is 0 Å². The standard InChI is InChI=1S/C32H49FN4O4.C4H4O4/c1-18(2)24(30(40)35-29-21-8-20-9-22(29)14-32(41,12-20)13-21)11-27(38)25(34)15-36-16-28(39)37(17-31(36,4)5)26-10-23(33)7-6-19(26)3;5-3(6)1-2-4(7)8/h6-7,10,18,20-22,24-25,27,29,38,41H,8-9,11-17,34H2,1-5H3,(H,35,40);1-2H,(H,5,6)(H,7,8)/b;2-1+/t20?,21-,22-,24-,25-,27-,29?,32?;/m0./s1. The van der Waals surface area contributed by atoms with Gasteiger partial charge in [0, 0.05) is 54.5 Å². The summed E-state index contributed by atoms with van der Waals surface area (Å²) in [5.74, 6) is -2.22. The van der Waals surface area contributed by atoms with Crippen molar-refractivity contribution < 1.29 is 44.0 Å². The highest BCUT2D eigenvalue weighted by atomic mass is 19.1. The molecule has 272 valence electrons. The van der Waals surface area contributed by atoms with E-state index in [1.807, 2.05) is 39.5 Å². The molecule has 1 aromatic carbocycles. The maximum Gasteiger partial charge on any atom is 0.328 e. The highest BCUT2D eigenvalue weighted by Crippen LogP contribution is 2.55. The molecule has 5 fully saturated rings. The molecule has 5 aliphatic rings. The van der Waals surface area contributed by atoms with E-state index in [0.717, 1.165) is 37.7 Å². The number of benzene rings is 1. The number of halogens is 1. The maximum atomic E-state index is 14.0. The van der Waals surface area contributed by atoms with Crippen LogP contribution in [0.5, 0.6) is 0 Å². The monoisotopic (exact) mass is 688 g/mol. The van der Waals surface area contributed by atoms with Crippen molar-refractivity contribution in [3.8, 4) is 0 Å². The molecule has 1 heterocycles. The van der Waals surface area contributed by atoms with Gasteiger partial charge < -0.3 is 36.4 Å². The zero-order valence-electron chi connectivity index (χ0n) is 29.1. The van der Waals surface area contributed by atoms with Gasteiger partial charge in [-0.2, -0.15) is 0 Å². The quantitative estimate of drug-likeness (QED) is 0.188. The molecule has 4 bridgehead atoms. The van der Waals surface area contributed by atoms with Crippen molar-refractivity contribution in [1.82, 2.24) is 10.2 Å². The number of aliphatic hydroxyl groups is 2. The predicted octanol–water partition coefficient (Wildman–Crippen LogP) is 2.68. The van der Waals surface area contributed by atoms with Gasteiger partial charge in [-0.05, 0) is 101 Å². The second-order valence-corrected chi connectivity index (χ2v) is 15.7. The lowest BCUT2D eigenvalue weighted by Crippen LogP contribution is -2.64. The minimum Gasteiger partial charge on any atom is -0.478 e. The lowest BCUT2D eigenvalue weighted by atomic mass is 9.52. The van der Waals surface area contributed by atoms with Crippen LogP contribution in [-0.2, 0) is 19.2 Å². The first kappa shape index (κ1) is 38.4. The summed E-state index contributed by atoms with van der Waals surface area (Å²) in [6, 6.07) is 3.92. The number of aliphatic hydroxyl groups excluding tert-OH is 1. The van der Waals surface area contributed by atoms with E-state index in [1.165, 1.54) is 12.1 Å². The van der Waals surface area contributed by atoms with Gasteiger partial charge in [0.15, 0.2) is 0 Å². The summed E-state index contributed by atoms with van der Waals surface area (Å²) >= 11 is 0. The van der Waals surface area contributed by atoms with Gasteiger partial charge in [-0.1, -0.05) is 19.9 Å². The summed E-state index contributed by atoms with van der Waals surface area (Å²) in [6.45, 7) is 10.7. The normalized spacial score (nSPS) is 29.3. The van der Waals surface area contributed by atoms with Crippen LogP contribution in [0, 0.1) is 42.3 Å². The van der Waals surface area contributed by atoms with Crippen LogP contribution < -0.4 is 16.0 Å². The van der Waals surface area contributed by atoms with E-state index in [0.29, 0.717) is 48.7 Å². The highest BCUT2D eigenvalue weighted by Gasteiger charge is 2.55. The molecule has 7 N–H and O–H groups in total. The third-order valence-corrected chi connectivity index (χ3v) is 11.0. The average Bonchev–Trinajstić information content (AvgIpc) is 2.98. The number of carboxylic acid groups (broad SMARTS) is 2. The van der Waals surface area contributed by atoms with E-state index in [1.54, 1.807) is 11.0 Å². The number of piperazine rings is 1. The minimum atomic E-state index is -1.26. The Balaban J connectivity index is 0.000000603. The molecule has 0 aromatic heterocycles. The van der Waals surface area contributed by atoms with Gasteiger partial charge in [0.1, 0.15) is 5.82 Å². The molecular weight excluding hydrogens is 635 g/mol. The smallest absolute Gasteiger partial charge is 0.328 e. The van der Waals surface area contributed by atoms with Crippen molar-refractivity contribution in [3.05, 3.63) is 41.7 Å². The van der Waals surface area contributed by atoms with Crippen molar-refractivity contribution in [1.29, 1.82) is 0 Å². The fraction of sp³-hybridized carbons (Fsp3) is 0.667. The molecule has 4 saturated carbocycles. The van der Waals surface area contributed by atoms with E-state index in [2.05, 4.69) is 5.32 Å². The van der Waals surface area contributed by atoms with Crippen LogP contribution in [-0.4, -0.2) is 98.0 Å². The minimum absolute atomic E-state index is 0.0222. The molecule has 49 heavy (non-hydrogen) atoms. The summed E-state index contributed by atoms with van der Waals surface area (Å²) < 4.78 is 14.0. The van der Waals surface area contributed by atoms with Gasteiger partial charge in [0.05, 0.1) is 18.2 Å². The number of rotatable bonds is 11. The number of anilines is 1. The lowest BCUT2D eigenvalue weighted by Gasteiger charge is -2.58. The van der Waals surface area contributed by atoms with Crippen LogP contribution in [0.3, 0.4) is 0 Å². The van der Waals surface area contributed by atoms with Gasteiger partial charge in [-0.25, -0.2) is 14.0 Å². The molecule has 0 unspecified atom stereocenters. The van der Waals surface area contributed by atoms with Crippen molar-refractivity contribution in [2.45, 2.75) is 102 Å². The molecule has 1 saturated heterocycles. The van der Waals surface area contributed by atoms with Crippen LogP contribution in [0.4, 0.5) is 10.1 Å². The summed E-state index contributed by atoms with van der Waals surface area (Å²) in [4.78, 5) is 49.5. The summed E-state index contributed by atoms with van der Waals surface area (Å²) in [7, 11) is 0. The van der Waals surface area contributed by atoms with Crippen molar-refractivity contribution in [2.75, 3.05) is 24.5 Å². The number of hydrogen-bond donors (Lipinski definition) is 6. The van der Waals surface area contributed by atoms with E-state index < -0.39 is 41.1 Å². The summed E-state index contributed by atoms with van der Waals surface area (Å²) in [5, 5.41) is 41.1. The van der Waals surface area contributed by atoms with Crippen LogP contribution >= 0.6 is 0 Å². The number of aryl methyl sites for hydroxylation is 1. The van der Waals surface area contributed by atoms with Crippen molar-refractivity contribution in [3.63, 3.8) is 0 Å². The molecule has 0 radical (unpaired) electrons. The Bertz CT molecular complexity index is 1400. The Morgan fingerprint density at radius 2 is 1.67 bits per heavy atom. The number of carbonyl (C=O) groups is 4. The largest absolute Gasteiger partial charge is 0.478 e. The first-order valence-electron chi connectivity index (χ1n) is 17.2. The third kappa shape index (κ3) is 9.44. The van der Waals surface area contributed by atoms with E-state index in [-0.39, 0.29) is 42.6 Å². The third-order valence-electron chi connectivity index (χ3n) is 11.0. The second-order valence-electron chi connectivity index (χ2n) is 15.7. The lowest BCUT2D eigenvalue weighted by molar-refractivity contribution is -0.149. The zero-order chi connectivity index (χ0) is 36.4. The molecule has 2 amide bonds. The van der Waals surface area contributed by atoms with Crippen molar-refractivity contribution in [2.24, 2.45) is 35.3 Å². The Morgan fingerprint density at radius 3 is 2.20 bits per heavy atom. The number of carboxylic acids is 2. The summed E-state index contributed by atoms with van der Waals surface area (Å²) in [6.07, 6.45) is 5.04. The molecule has 1 aliphatic heterocycles. The Morgan fingerprint density at radius 1 is 1.08 bits per heavy atom. The number of hydrogen-bond acceptors (Lipinski definition) is 8. The topological polar surface area (TPSA) is 194 Å². The maximum absolute atomic E-state index is 14.0. The van der Waals surface area contributed by atoms with Crippen molar-refractivity contribution >= 4 is 29.4 Å². The van der Waals surface area contributed by atoms with Gasteiger partial charge in [-0.3, -0.25) is 14.5 Å². The molecular formula is C36H53FN4O8.